The van der Waals surface area contributed by atoms with E-state index in [1.165, 1.54) is 0 Å². The maximum absolute atomic E-state index is 11.0. The minimum atomic E-state index is -0.804. The van der Waals surface area contributed by atoms with Gasteiger partial charge in [-0.1, -0.05) is 37.3 Å². The number of rotatable bonds is 4. The topological polar surface area (TPSA) is 76.2 Å². The van der Waals surface area contributed by atoms with Gasteiger partial charge in [0.1, 0.15) is 11.2 Å². The molecule has 0 spiro atoms. The summed E-state index contributed by atoms with van der Waals surface area (Å²) < 4.78 is 5.82. The van der Waals surface area contributed by atoms with E-state index < -0.39 is 11.9 Å². The van der Waals surface area contributed by atoms with Crippen LogP contribution in [-0.4, -0.2) is 21.0 Å². The van der Waals surface area contributed by atoms with Crippen LogP contribution in [0.5, 0.6) is 0 Å². The largest absolute Gasteiger partial charge is 0.481 e. The monoisotopic (exact) mass is 332 g/mol. The Hall–Kier alpha value is -3.21. The molecule has 2 heterocycles. The zero-order chi connectivity index (χ0) is 17.4. The third kappa shape index (κ3) is 2.96. The second-order valence-corrected chi connectivity index (χ2v) is 6.15. The van der Waals surface area contributed by atoms with Gasteiger partial charge in [0, 0.05) is 5.39 Å². The van der Waals surface area contributed by atoms with Crippen molar-refractivity contribution in [1.82, 2.24) is 9.97 Å². The molecule has 1 unspecified atom stereocenters. The predicted molar refractivity (Wildman–Crippen MR) is 95.2 cm³/mol. The number of hydrogen-bond acceptors (Lipinski definition) is 4. The Labute approximate surface area is 144 Å². The van der Waals surface area contributed by atoms with Gasteiger partial charge in [-0.2, -0.15) is 0 Å². The Morgan fingerprint density at radius 2 is 1.92 bits per heavy atom. The summed E-state index contributed by atoms with van der Waals surface area (Å²) in [5, 5.41) is 10.1. The first kappa shape index (κ1) is 15.3. The highest BCUT2D eigenvalue weighted by atomic mass is 16.4. The van der Waals surface area contributed by atoms with Crippen molar-refractivity contribution in [2.24, 2.45) is 5.92 Å². The van der Waals surface area contributed by atoms with Crippen LogP contribution in [0.2, 0.25) is 0 Å². The molecule has 1 N–H and O–H groups in total. The molecule has 5 nitrogen and oxygen atoms in total. The number of nitrogens with zero attached hydrogens (tertiary/aromatic N) is 2. The van der Waals surface area contributed by atoms with Crippen molar-refractivity contribution in [3.8, 4) is 11.6 Å². The molecule has 0 aliphatic carbocycles. The van der Waals surface area contributed by atoms with Gasteiger partial charge in [-0.15, -0.1) is 0 Å². The van der Waals surface area contributed by atoms with Crippen molar-refractivity contribution in [3.05, 3.63) is 60.2 Å². The van der Waals surface area contributed by atoms with Crippen LogP contribution in [0.25, 0.3) is 33.6 Å². The van der Waals surface area contributed by atoms with E-state index in [1.807, 2.05) is 54.6 Å². The van der Waals surface area contributed by atoms with E-state index in [-0.39, 0.29) is 0 Å². The van der Waals surface area contributed by atoms with Crippen molar-refractivity contribution in [2.75, 3.05) is 0 Å². The van der Waals surface area contributed by atoms with Crippen LogP contribution >= 0.6 is 0 Å². The second-order valence-electron chi connectivity index (χ2n) is 6.15. The zero-order valence-electron chi connectivity index (χ0n) is 13.6. The molecule has 0 aliphatic rings. The van der Waals surface area contributed by atoms with Crippen LogP contribution in [0.15, 0.2) is 59.0 Å². The highest BCUT2D eigenvalue weighted by Crippen LogP contribution is 2.26. The summed E-state index contributed by atoms with van der Waals surface area (Å²) in [6.07, 6.45) is 0.460. The number of pyridine rings is 1. The summed E-state index contributed by atoms with van der Waals surface area (Å²) in [7, 11) is 0. The van der Waals surface area contributed by atoms with E-state index >= 15 is 0 Å². The van der Waals surface area contributed by atoms with Crippen LogP contribution in [0, 0.1) is 5.92 Å². The minimum Gasteiger partial charge on any atom is -0.481 e. The van der Waals surface area contributed by atoms with E-state index in [0.717, 1.165) is 16.5 Å². The lowest BCUT2D eigenvalue weighted by molar-refractivity contribution is -0.141. The summed E-state index contributed by atoms with van der Waals surface area (Å²) in [4.78, 5) is 20.1. The summed E-state index contributed by atoms with van der Waals surface area (Å²) in [6.45, 7) is 1.69. The maximum Gasteiger partial charge on any atom is 0.306 e. The Bertz CT molecular complexity index is 1080. The molecule has 5 heteroatoms. The van der Waals surface area contributed by atoms with E-state index in [4.69, 9.17) is 9.52 Å². The smallest absolute Gasteiger partial charge is 0.306 e. The SMILES string of the molecule is CC(Cc1ccc2oc(-c3ccc4ccccc4n3)nc2c1)C(=O)O. The number of carboxylic acid groups (broad SMARTS) is 1. The molecule has 0 fully saturated rings. The molecule has 0 saturated carbocycles. The lowest BCUT2D eigenvalue weighted by Crippen LogP contribution is -2.12. The van der Waals surface area contributed by atoms with Crippen molar-refractivity contribution in [1.29, 1.82) is 0 Å². The van der Waals surface area contributed by atoms with E-state index in [0.29, 0.717) is 29.1 Å². The molecule has 2 aromatic carbocycles. The number of carbonyl (C=O) groups is 1. The van der Waals surface area contributed by atoms with Crippen molar-refractivity contribution in [2.45, 2.75) is 13.3 Å². The number of para-hydroxylation sites is 1. The molecular weight excluding hydrogens is 316 g/mol. The van der Waals surface area contributed by atoms with Gasteiger partial charge < -0.3 is 9.52 Å². The van der Waals surface area contributed by atoms with E-state index in [2.05, 4.69) is 9.97 Å². The molecule has 1 atom stereocenters. The molecule has 0 aliphatic heterocycles. The minimum absolute atomic E-state index is 0.439. The number of aromatic nitrogens is 2. The van der Waals surface area contributed by atoms with Crippen molar-refractivity contribution >= 4 is 28.0 Å². The first-order valence-corrected chi connectivity index (χ1v) is 8.08. The highest BCUT2D eigenvalue weighted by Gasteiger charge is 2.14. The standard InChI is InChI=1S/C20H16N2O3/c1-12(20(23)24)10-13-6-9-18-17(11-13)22-19(25-18)16-8-7-14-4-2-3-5-15(14)21-16/h2-9,11-12H,10H2,1H3,(H,23,24). The third-order valence-electron chi connectivity index (χ3n) is 4.23. The van der Waals surface area contributed by atoms with Gasteiger partial charge in [0.2, 0.25) is 5.89 Å². The van der Waals surface area contributed by atoms with Gasteiger partial charge in [-0.3, -0.25) is 4.79 Å². The lowest BCUT2D eigenvalue weighted by atomic mass is 10.0. The fourth-order valence-corrected chi connectivity index (χ4v) is 2.84. The van der Waals surface area contributed by atoms with Crippen molar-refractivity contribution in [3.63, 3.8) is 0 Å². The summed E-state index contributed by atoms with van der Waals surface area (Å²) in [6, 6.07) is 17.3. The van der Waals surface area contributed by atoms with Crippen LogP contribution in [-0.2, 0) is 11.2 Å². The Morgan fingerprint density at radius 1 is 1.08 bits per heavy atom. The number of fused-ring (bicyclic) bond motifs is 2. The fourth-order valence-electron chi connectivity index (χ4n) is 2.84. The Morgan fingerprint density at radius 3 is 2.76 bits per heavy atom. The van der Waals surface area contributed by atoms with Crippen molar-refractivity contribution < 1.29 is 14.3 Å². The molecular formula is C20H16N2O3. The average molecular weight is 332 g/mol. The molecule has 0 bridgehead atoms. The maximum atomic E-state index is 11.0. The first-order chi connectivity index (χ1) is 12.1. The molecule has 0 saturated heterocycles. The lowest BCUT2D eigenvalue weighted by Gasteiger charge is -2.05. The highest BCUT2D eigenvalue weighted by molar-refractivity contribution is 5.82. The van der Waals surface area contributed by atoms with Crippen LogP contribution in [0.4, 0.5) is 0 Å². The van der Waals surface area contributed by atoms with Gasteiger partial charge in [0.25, 0.3) is 0 Å². The number of carboxylic acids is 1. The molecule has 4 rings (SSSR count). The summed E-state index contributed by atoms with van der Waals surface area (Å²) >= 11 is 0. The Kier molecular flexibility index (Phi) is 3.69. The van der Waals surface area contributed by atoms with E-state index in [1.54, 1.807) is 6.92 Å². The second kappa shape index (κ2) is 6.02. The number of hydrogen-bond donors (Lipinski definition) is 1. The number of oxazole rings is 1. The summed E-state index contributed by atoms with van der Waals surface area (Å²) in [5.41, 5.74) is 3.86. The molecule has 2 aromatic heterocycles. The molecule has 0 radical (unpaired) electrons. The fraction of sp³-hybridized carbons (Fsp3) is 0.150. The number of benzene rings is 2. The molecule has 4 aromatic rings. The third-order valence-corrected chi connectivity index (χ3v) is 4.23. The van der Waals surface area contributed by atoms with Gasteiger partial charge in [0.15, 0.2) is 5.58 Å². The average Bonchev–Trinajstić information content (AvgIpc) is 3.04. The number of aliphatic carboxylic acids is 1. The van der Waals surface area contributed by atoms with E-state index in [9.17, 15) is 4.79 Å². The normalized spacial score (nSPS) is 12.5. The predicted octanol–water partition coefficient (Wildman–Crippen LogP) is 4.31. The van der Waals surface area contributed by atoms with Crippen LogP contribution in [0.1, 0.15) is 12.5 Å². The van der Waals surface area contributed by atoms with Gasteiger partial charge in [0.05, 0.1) is 11.4 Å². The summed E-state index contributed by atoms with van der Waals surface area (Å²) in [5.74, 6) is -0.781. The molecule has 0 amide bonds. The molecule has 25 heavy (non-hydrogen) atoms. The van der Waals surface area contributed by atoms with Crippen LogP contribution < -0.4 is 0 Å². The quantitative estimate of drug-likeness (QED) is 0.603. The van der Waals surface area contributed by atoms with Gasteiger partial charge in [-0.25, -0.2) is 9.97 Å². The Balaban J connectivity index is 1.71. The first-order valence-electron chi connectivity index (χ1n) is 8.08. The van der Waals surface area contributed by atoms with Gasteiger partial charge >= 0.3 is 5.97 Å². The van der Waals surface area contributed by atoms with Crippen LogP contribution in [0.3, 0.4) is 0 Å². The molecule has 124 valence electrons. The van der Waals surface area contributed by atoms with Gasteiger partial charge in [-0.05, 0) is 36.2 Å². The zero-order valence-corrected chi connectivity index (χ0v) is 13.6.